The predicted molar refractivity (Wildman–Crippen MR) is 62.8 cm³/mol. The molecule has 0 spiro atoms. The normalized spacial score (nSPS) is 10.6. The molecule has 0 atom stereocenters. The van der Waals surface area contributed by atoms with Crippen molar-refractivity contribution in [2.45, 2.75) is 10.9 Å². The molecule has 0 saturated heterocycles. The molecule has 2 heterocycles. The Morgan fingerprint density at radius 1 is 1.56 bits per heavy atom. The molecule has 0 saturated carbocycles. The topological polar surface area (TPSA) is 88.5 Å². The Bertz CT molecular complexity index is 529. The third-order valence-corrected chi connectivity index (χ3v) is 4.01. The summed E-state index contributed by atoms with van der Waals surface area (Å²) in [4.78, 5) is 11.1. The zero-order valence-electron chi connectivity index (χ0n) is 8.72. The second-order valence-electron chi connectivity index (χ2n) is 2.91. The summed E-state index contributed by atoms with van der Waals surface area (Å²) in [6.07, 6.45) is 0. The molecule has 0 amide bonds. The Morgan fingerprint density at radius 3 is 2.94 bits per heavy atom. The first-order valence-electron chi connectivity index (χ1n) is 4.45. The van der Waals surface area contributed by atoms with Crippen LogP contribution in [-0.4, -0.2) is 32.0 Å². The molecule has 0 fully saturated rings. The number of nitrogens with zero attached hydrogens (tertiary/aromatic N) is 4. The Labute approximate surface area is 99.3 Å². The van der Waals surface area contributed by atoms with Crippen LogP contribution in [0.1, 0.15) is 5.01 Å². The smallest absolute Gasteiger partial charge is 0.343 e. The maximum Gasteiger partial charge on any atom is 0.343 e. The summed E-state index contributed by atoms with van der Waals surface area (Å²) in [6.45, 7) is 0. The van der Waals surface area contributed by atoms with E-state index >= 15 is 0 Å². The highest BCUT2D eigenvalue weighted by atomic mass is 32.2. The molecule has 2 aromatic heterocycles. The van der Waals surface area contributed by atoms with Gasteiger partial charge in [-0.05, 0) is 0 Å². The molecule has 2 aromatic rings. The number of anilines is 1. The minimum atomic E-state index is -0.212. The van der Waals surface area contributed by atoms with E-state index in [1.165, 1.54) is 27.7 Å². The van der Waals surface area contributed by atoms with E-state index in [0.717, 1.165) is 10.1 Å². The fraction of sp³-hybridized carbons (Fsp3) is 0.429. The van der Waals surface area contributed by atoms with Gasteiger partial charge < -0.3 is 5.32 Å². The molecule has 2 N–H and O–H groups in total. The molecule has 0 radical (unpaired) electrons. The monoisotopic (exact) mass is 258 g/mol. The average Bonchev–Trinajstić information content (AvgIpc) is 2.86. The molecule has 0 unspecified atom stereocenters. The molecule has 9 heteroatoms. The number of hydrogen-bond acceptors (Lipinski definition) is 7. The zero-order valence-corrected chi connectivity index (χ0v) is 10.4. The number of aromatic nitrogens is 5. The van der Waals surface area contributed by atoms with Gasteiger partial charge in [0.25, 0.3) is 0 Å². The summed E-state index contributed by atoms with van der Waals surface area (Å²) in [5, 5.41) is 19.4. The fourth-order valence-electron chi connectivity index (χ4n) is 1.00. The number of aromatic amines is 1. The number of H-pyrrole nitrogens is 1. The average molecular weight is 258 g/mol. The van der Waals surface area contributed by atoms with Crippen LogP contribution in [0.2, 0.25) is 0 Å². The van der Waals surface area contributed by atoms with Gasteiger partial charge in [0.2, 0.25) is 5.13 Å². The Balaban J connectivity index is 2.02. The first kappa shape index (κ1) is 11.1. The van der Waals surface area contributed by atoms with Crippen molar-refractivity contribution < 1.29 is 0 Å². The van der Waals surface area contributed by atoms with E-state index in [1.807, 2.05) is 0 Å². The van der Waals surface area contributed by atoms with E-state index in [-0.39, 0.29) is 5.69 Å². The van der Waals surface area contributed by atoms with Crippen LogP contribution >= 0.6 is 23.1 Å². The van der Waals surface area contributed by atoms with E-state index in [2.05, 4.69) is 25.7 Å². The van der Waals surface area contributed by atoms with Gasteiger partial charge in [-0.2, -0.15) is 0 Å². The molecule has 0 aliphatic carbocycles. The van der Waals surface area contributed by atoms with Gasteiger partial charge in [0.15, 0.2) is 5.16 Å². The van der Waals surface area contributed by atoms with Crippen LogP contribution in [0.5, 0.6) is 0 Å². The number of hydrogen-bond donors (Lipinski definition) is 2. The van der Waals surface area contributed by atoms with Crippen LogP contribution in [0.4, 0.5) is 5.13 Å². The summed E-state index contributed by atoms with van der Waals surface area (Å²) in [5.41, 5.74) is -0.212. The lowest BCUT2D eigenvalue weighted by Crippen LogP contribution is -2.12. The highest BCUT2D eigenvalue weighted by molar-refractivity contribution is 7.98. The van der Waals surface area contributed by atoms with Crippen molar-refractivity contribution >= 4 is 28.2 Å². The van der Waals surface area contributed by atoms with Gasteiger partial charge in [0, 0.05) is 14.1 Å². The van der Waals surface area contributed by atoms with Gasteiger partial charge in [0.05, 0.1) is 5.75 Å². The van der Waals surface area contributed by atoms with Crippen molar-refractivity contribution in [1.29, 1.82) is 0 Å². The SMILES string of the molecule is CNc1nnc(CSc2n[nH]c(=O)n2C)s1. The highest BCUT2D eigenvalue weighted by Gasteiger charge is 2.08. The van der Waals surface area contributed by atoms with Gasteiger partial charge in [-0.1, -0.05) is 23.1 Å². The van der Waals surface area contributed by atoms with Crippen molar-refractivity contribution in [2.24, 2.45) is 7.05 Å². The summed E-state index contributed by atoms with van der Waals surface area (Å²) in [5.74, 6) is 0.650. The van der Waals surface area contributed by atoms with Gasteiger partial charge in [0.1, 0.15) is 5.01 Å². The molecule has 0 aliphatic rings. The van der Waals surface area contributed by atoms with Crippen LogP contribution in [0.25, 0.3) is 0 Å². The Kier molecular flexibility index (Phi) is 3.25. The maximum atomic E-state index is 11.1. The number of thioether (sulfide) groups is 1. The molecule has 2 rings (SSSR count). The zero-order chi connectivity index (χ0) is 11.5. The quantitative estimate of drug-likeness (QED) is 0.766. The minimum Gasteiger partial charge on any atom is -0.363 e. The van der Waals surface area contributed by atoms with Gasteiger partial charge >= 0.3 is 5.69 Å². The van der Waals surface area contributed by atoms with Crippen molar-refractivity contribution in [3.63, 3.8) is 0 Å². The summed E-state index contributed by atoms with van der Waals surface area (Å²) in [6, 6.07) is 0. The van der Waals surface area contributed by atoms with Crippen LogP contribution in [0.15, 0.2) is 9.95 Å². The number of rotatable bonds is 4. The van der Waals surface area contributed by atoms with Crippen molar-refractivity contribution in [2.75, 3.05) is 12.4 Å². The molecular formula is C7H10N6OS2. The largest absolute Gasteiger partial charge is 0.363 e. The Hall–Kier alpha value is -1.35. The second kappa shape index (κ2) is 4.66. The molecule has 0 aromatic carbocycles. The molecule has 7 nitrogen and oxygen atoms in total. The molecule has 86 valence electrons. The van der Waals surface area contributed by atoms with Crippen molar-refractivity contribution in [3.05, 3.63) is 15.5 Å². The first-order valence-corrected chi connectivity index (χ1v) is 6.25. The lowest BCUT2D eigenvalue weighted by molar-refractivity contribution is 0.765. The fourth-order valence-corrected chi connectivity index (χ4v) is 2.60. The van der Waals surface area contributed by atoms with Gasteiger partial charge in [-0.3, -0.25) is 4.57 Å². The minimum absolute atomic E-state index is 0.212. The van der Waals surface area contributed by atoms with Gasteiger partial charge in [-0.25, -0.2) is 9.89 Å². The van der Waals surface area contributed by atoms with Crippen LogP contribution in [0.3, 0.4) is 0 Å². The third kappa shape index (κ3) is 2.25. The molecule has 0 aliphatic heterocycles. The third-order valence-electron chi connectivity index (χ3n) is 1.84. The molecular weight excluding hydrogens is 248 g/mol. The van der Waals surface area contributed by atoms with Gasteiger partial charge in [-0.15, -0.1) is 15.3 Å². The summed E-state index contributed by atoms with van der Waals surface area (Å²) >= 11 is 2.93. The summed E-state index contributed by atoms with van der Waals surface area (Å²) < 4.78 is 1.46. The van der Waals surface area contributed by atoms with Crippen LogP contribution < -0.4 is 11.0 Å². The lowest BCUT2D eigenvalue weighted by atomic mass is 10.9. The standard InChI is InChI=1S/C7H10N6OS2/c1-8-5-10-9-4(16-5)3-15-7-12-11-6(14)13(7)2/h3H2,1-2H3,(H,8,10)(H,11,14). The predicted octanol–water partition coefficient (Wildman–Crippen LogP) is 0.294. The van der Waals surface area contributed by atoms with E-state index in [0.29, 0.717) is 10.9 Å². The van der Waals surface area contributed by atoms with Crippen LogP contribution in [0, 0.1) is 0 Å². The molecule has 16 heavy (non-hydrogen) atoms. The maximum absolute atomic E-state index is 11.1. The number of nitrogens with one attached hydrogen (secondary N) is 2. The van der Waals surface area contributed by atoms with E-state index in [9.17, 15) is 4.79 Å². The second-order valence-corrected chi connectivity index (χ2v) is 4.91. The lowest BCUT2D eigenvalue weighted by Gasteiger charge is -1.95. The summed E-state index contributed by atoms with van der Waals surface area (Å²) in [7, 11) is 3.47. The van der Waals surface area contributed by atoms with E-state index < -0.39 is 0 Å². The van der Waals surface area contributed by atoms with E-state index in [4.69, 9.17) is 0 Å². The Morgan fingerprint density at radius 2 is 2.38 bits per heavy atom. The van der Waals surface area contributed by atoms with E-state index in [1.54, 1.807) is 14.1 Å². The van der Waals surface area contributed by atoms with Crippen molar-refractivity contribution in [3.8, 4) is 0 Å². The highest BCUT2D eigenvalue weighted by Crippen LogP contribution is 2.23. The van der Waals surface area contributed by atoms with Crippen LogP contribution in [-0.2, 0) is 12.8 Å². The molecule has 0 bridgehead atoms. The first-order chi connectivity index (χ1) is 7.70. The van der Waals surface area contributed by atoms with Crippen molar-refractivity contribution in [1.82, 2.24) is 25.0 Å².